The van der Waals surface area contributed by atoms with Crippen molar-refractivity contribution in [3.63, 3.8) is 0 Å². The Labute approximate surface area is 95.8 Å². The summed E-state index contributed by atoms with van der Waals surface area (Å²) in [6.07, 6.45) is 0. The molecule has 0 bridgehead atoms. The summed E-state index contributed by atoms with van der Waals surface area (Å²) >= 11 is 5.00. The Balaban J connectivity index is 2.19. The molecule has 0 saturated heterocycles. The molecule has 0 aliphatic heterocycles. The lowest BCUT2D eigenvalue weighted by atomic mass is 10.2. The standard InChI is InChI=1S/C11H16N2OS/c1-9(2)12-11(15)13-14-8-10-6-4-3-5-7-10/h3-7,9H,8H2,1-2H3,(H2,12,13,15). The third-order valence-electron chi connectivity index (χ3n) is 1.67. The minimum atomic E-state index is 0.310. The lowest BCUT2D eigenvalue weighted by Crippen LogP contribution is -2.39. The number of hydroxylamine groups is 1. The molecule has 0 spiro atoms. The van der Waals surface area contributed by atoms with E-state index in [0.29, 0.717) is 17.8 Å². The van der Waals surface area contributed by atoms with Crippen LogP contribution in [0.2, 0.25) is 0 Å². The van der Waals surface area contributed by atoms with Crippen molar-refractivity contribution in [2.24, 2.45) is 0 Å². The highest BCUT2D eigenvalue weighted by atomic mass is 32.1. The van der Waals surface area contributed by atoms with Crippen LogP contribution in [0.3, 0.4) is 0 Å². The van der Waals surface area contributed by atoms with Gasteiger partial charge in [-0.1, -0.05) is 30.3 Å². The molecule has 3 nitrogen and oxygen atoms in total. The molecule has 15 heavy (non-hydrogen) atoms. The van der Waals surface area contributed by atoms with Crippen molar-refractivity contribution in [2.75, 3.05) is 0 Å². The molecule has 1 aromatic rings. The van der Waals surface area contributed by atoms with Gasteiger partial charge >= 0.3 is 0 Å². The van der Waals surface area contributed by atoms with Crippen molar-refractivity contribution in [1.29, 1.82) is 0 Å². The van der Waals surface area contributed by atoms with Gasteiger partial charge in [-0.05, 0) is 31.6 Å². The van der Waals surface area contributed by atoms with Crippen molar-refractivity contribution >= 4 is 17.3 Å². The molecule has 0 aliphatic carbocycles. The van der Waals surface area contributed by atoms with Gasteiger partial charge in [0.2, 0.25) is 0 Å². The molecule has 1 rings (SSSR count). The van der Waals surface area contributed by atoms with Crippen molar-refractivity contribution in [3.05, 3.63) is 35.9 Å². The van der Waals surface area contributed by atoms with E-state index < -0.39 is 0 Å². The smallest absolute Gasteiger partial charge is 0.190 e. The first-order valence-electron chi connectivity index (χ1n) is 4.90. The summed E-state index contributed by atoms with van der Waals surface area (Å²) in [6, 6.07) is 10.2. The summed E-state index contributed by atoms with van der Waals surface area (Å²) in [4.78, 5) is 5.23. The lowest BCUT2D eigenvalue weighted by Gasteiger charge is -2.12. The predicted molar refractivity (Wildman–Crippen MR) is 65.2 cm³/mol. The Kier molecular flexibility index (Phi) is 5.07. The number of nitrogens with one attached hydrogen (secondary N) is 2. The zero-order valence-electron chi connectivity index (χ0n) is 8.99. The molecule has 0 heterocycles. The van der Waals surface area contributed by atoms with Gasteiger partial charge in [-0.25, -0.2) is 5.48 Å². The molecule has 0 unspecified atom stereocenters. The highest BCUT2D eigenvalue weighted by Crippen LogP contribution is 1.98. The molecule has 2 N–H and O–H groups in total. The average molecular weight is 224 g/mol. The van der Waals surface area contributed by atoms with Crippen LogP contribution >= 0.6 is 12.2 Å². The zero-order valence-corrected chi connectivity index (χ0v) is 9.80. The van der Waals surface area contributed by atoms with Crippen molar-refractivity contribution in [3.8, 4) is 0 Å². The summed E-state index contributed by atoms with van der Waals surface area (Å²) < 4.78 is 0. The highest BCUT2D eigenvalue weighted by molar-refractivity contribution is 7.80. The van der Waals surface area contributed by atoms with E-state index in [0.717, 1.165) is 5.56 Å². The van der Waals surface area contributed by atoms with Crippen molar-refractivity contribution in [2.45, 2.75) is 26.5 Å². The third kappa shape index (κ3) is 5.34. The van der Waals surface area contributed by atoms with Gasteiger partial charge in [-0.3, -0.25) is 4.84 Å². The summed E-state index contributed by atoms with van der Waals surface area (Å²) in [7, 11) is 0. The topological polar surface area (TPSA) is 33.3 Å². The molecule has 4 heteroatoms. The number of rotatable bonds is 4. The van der Waals surface area contributed by atoms with Crippen LogP contribution in [0.1, 0.15) is 19.4 Å². The molecule has 1 aromatic carbocycles. The van der Waals surface area contributed by atoms with Crippen LogP contribution in [0.25, 0.3) is 0 Å². The molecule has 0 aliphatic rings. The Morgan fingerprint density at radius 2 is 2.00 bits per heavy atom. The van der Waals surface area contributed by atoms with Crippen LogP contribution in [0.4, 0.5) is 0 Å². The largest absolute Gasteiger partial charge is 0.359 e. The Hall–Kier alpha value is -1.13. The maximum Gasteiger partial charge on any atom is 0.190 e. The Morgan fingerprint density at radius 1 is 1.33 bits per heavy atom. The minimum absolute atomic E-state index is 0.310. The van der Waals surface area contributed by atoms with Crippen LogP contribution in [-0.4, -0.2) is 11.2 Å². The van der Waals surface area contributed by atoms with Gasteiger partial charge in [0.25, 0.3) is 0 Å². The normalized spacial score (nSPS) is 10.1. The summed E-state index contributed by atoms with van der Waals surface area (Å²) in [5.74, 6) is 0. The molecule has 0 atom stereocenters. The van der Waals surface area contributed by atoms with Crippen LogP contribution in [-0.2, 0) is 11.4 Å². The maximum absolute atomic E-state index is 5.23. The van der Waals surface area contributed by atoms with Crippen LogP contribution in [0.5, 0.6) is 0 Å². The van der Waals surface area contributed by atoms with E-state index in [2.05, 4.69) is 10.8 Å². The van der Waals surface area contributed by atoms with E-state index in [1.54, 1.807) is 0 Å². The quantitative estimate of drug-likeness (QED) is 0.605. The van der Waals surface area contributed by atoms with Crippen LogP contribution in [0, 0.1) is 0 Å². The second-order valence-corrected chi connectivity index (χ2v) is 3.91. The van der Waals surface area contributed by atoms with Gasteiger partial charge in [0.05, 0.1) is 6.61 Å². The van der Waals surface area contributed by atoms with Gasteiger partial charge in [0.15, 0.2) is 5.11 Å². The summed E-state index contributed by atoms with van der Waals surface area (Å²) in [5.41, 5.74) is 3.79. The summed E-state index contributed by atoms with van der Waals surface area (Å²) in [6.45, 7) is 4.54. The van der Waals surface area contributed by atoms with E-state index in [9.17, 15) is 0 Å². The molecular weight excluding hydrogens is 208 g/mol. The van der Waals surface area contributed by atoms with Crippen LogP contribution in [0.15, 0.2) is 30.3 Å². The summed E-state index contributed by atoms with van der Waals surface area (Å²) in [5, 5.41) is 3.54. The number of thiocarbonyl (C=S) groups is 1. The number of hydrogen-bond donors (Lipinski definition) is 2. The number of hydrogen-bond acceptors (Lipinski definition) is 2. The molecule has 0 amide bonds. The first-order valence-corrected chi connectivity index (χ1v) is 5.31. The van der Waals surface area contributed by atoms with Gasteiger partial charge < -0.3 is 5.32 Å². The van der Waals surface area contributed by atoms with E-state index in [-0.39, 0.29) is 0 Å². The first kappa shape index (κ1) is 11.9. The fourth-order valence-corrected chi connectivity index (χ4v) is 1.35. The molecular formula is C11H16N2OS. The second kappa shape index (κ2) is 6.37. The fraction of sp³-hybridized carbons (Fsp3) is 0.364. The van der Waals surface area contributed by atoms with Gasteiger partial charge in [0.1, 0.15) is 0 Å². The van der Waals surface area contributed by atoms with Crippen LogP contribution < -0.4 is 10.8 Å². The SMILES string of the molecule is CC(C)NC(=S)NOCc1ccccc1. The highest BCUT2D eigenvalue weighted by Gasteiger charge is 1.97. The maximum atomic E-state index is 5.23. The third-order valence-corrected chi connectivity index (χ3v) is 1.87. The Morgan fingerprint density at radius 3 is 2.60 bits per heavy atom. The van der Waals surface area contributed by atoms with E-state index in [4.69, 9.17) is 17.1 Å². The predicted octanol–water partition coefficient (Wildman–Crippen LogP) is 1.99. The van der Waals surface area contributed by atoms with Crippen molar-refractivity contribution in [1.82, 2.24) is 10.8 Å². The second-order valence-electron chi connectivity index (χ2n) is 3.50. The molecule has 0 saturated carbocycles. The average Bonchev–Trinajstić information content (AvgIpc) is 2.18. The van der Waals surface area contributed by atoms with E-state index in [1.165, 1.54) is 0 Å². The van der Waals surface area contributed by atoms with Crippen molar-refractivity contribution < 1.29 is 4.84 Å². The molecule has 0 fully saturated rings. The Bertz CT molecular complexity index is 301. The minimum Gasteiger partial charge on any atom is -0.359 e. The van der Waals surface area contributed by atoms with Gasteiger partial charge in [-0.15, -0.1) is 0 Å². The number of benzene rings is 1. The zero-order chi connectivity index (χ0) is 11.1. The van der Waals surface area contributed by atoms with Gasteiger partial charge in [-0.2, -0.15) is 0 Å². The molecule has 82 valence electrons. The monoisotopic (exact) mass is 224 g/mol. The first-order chi connectivity index (χ1) is 7.18. The van der Waals surface area contributed by atoms with E-state index >= 15 is 0 Å². The van der Waals surface area contributed by atoms with Gasteiger partial charge in [0, 0.05) is 6.04 Å². The van der Waals surface area contributed by atoms with E-state index in [1.807, 2.05) is 44.2 Å². The molecule has 0 radical (unpaired) electrons. The fourth-order valence-electron chi connectivity index (χ4n) is 1.05. The lowest BCUT2D eigenvalue weighted by molar-refractivity contribution is 0.0703. The molecule has 0 aromatic heterocycles.